The molecule has 0 aliphatic carbocycles. The van der Waals surface area contributed by atoms with Gasteiger partial charge in [0.05, 0.1) is 17.1 Å². The summed E-state index contributed by atoms with van der Waals surface area (Å²) in [6.07, 6.45) is 1.44. The molecule has 0 saturated heterocycles. The number of nitrogens with zero attached hydrogens (tertiary/aromatic N) is 1. The molecule has 88 valence electrons. The van der Waals surface area contributed by atoms with Gasteiger partial charge in [0.2, 0.25) is 0 Å². The second kappa shape index (κ2) is 4.88. The van der Waals surface area contributed by atoms with Crippen LogP contribution < -0.4 is 11.1 Å². The van der Waals surface area contributed by atoms with Gasteiger partial charge in [-0.25, -0.2) is 0 Å². The number of benzene rings is 1. The largest absolute Gasteiger partial charge is 0.399 e. The molecule has 1 aromatic carbocycles. The first-order valence-corrected chi connectivity index (χ1v) is 5.27. The lowest BCUT2D eigenvalue weighted by atomic mass is 10.2. The fraction of sp³-hybridized carbons (Fsp3) is 0.0909. The third kappa shape index (κ3) is 2.76. The third-order valence-corrected chi connectivity index (χ3v) is 2.47. The highest BCUT2D eigenvalue weighted by molar-refractivity contribution is 6.34. The quantitative estimate of drug-likeness (QED) is 0.816. The van der Waals surface area contributed by atoms with Crippen LogP contribution in [0.5, 0.6) is 0 Å². The number of hydrogen-bond donors (Lipinski definition) is 2. The molecule has 1 aromatic heterocycles. The predicted octanol–water partition coefficient (Wildman–Crippen LogP) is 1.84. The van der Waals surface area contributed by atoms with E-state index in [1.807, 2.05) is 0 Å². The standard InChI is InChI=1S/C11H10ClN3O2/c12-10-5-7(13)1-2-9(10)11(16)14-6-8-3-4-17-15-8/h1-5H,6,13H2,(H,14,16). The Morgan fingerprint density at radius 2 is 2.29 bits per heavy atom. The van der Waals surface area contributed by atoms with E-state index in [0.717, 1.165) is 0 Å². The van der Waals surface area contributed by atoms with Crippen LogP contribution >= 0.6 is 11.6 Å². The van der Waals surface area contributed by atoms with Crippen LogP contribution in [-0.4, -0.2) is 11.1 Å². The van der Waals surface area contributed by atoms with Gasteiger partial charge in [-0.15, -0.1) is 0 Å². The van der Waals surface area contributed by atoms with E-state index < -0.39 is 0 Å². The smallest absolute Gasteiger partial charge is 0.253 e. The van der Waals surface area contributed by atoms with Gasteiger partial charge in [-0.05, 0) is 18.2 Å². The van der Waals surface area contributed by atoms with Crippen molar-refractivity contribution in [2.75, 3.05) is 5.73 Å². The first-order chi connectivity index (χ1) is 8.16. The summed E-state index contributed by atoms with van der Waals surface area (Å²) < 4.78 is 4.65. The Balaban J connectivity index is 2.04. The van der Waals surface area contributed by atoms with Crippen LogP contribution in [-0.2, 0) is 6.54 Å². The molecular weight excluding hydrogens is 242 g/mol. The fourth-order valence-corrected chi connectivity index (χ4v) is 1.59. The van der Waals surface area contributed by atoms with Crippen molar-refractivity contribution in [2.24, 2.45) is 0 Å². The molecule has 17 heavy (non-hydrogen) atoms. The molecule has 0 radical (unpaired) electrons. The third-order valence-electron chi connectivity index (χ3n) is 2.16. The number of nitrogens with two attached hydrogens (primary N) is 1. The van der Waals surface area contributed by atoms with Crippen molar-refractivity contribution < 1.29 is 9.32 Å². The second-order valence-corrected chi connectivity index (χ2v) is 3.82. The van der Waals surface area contributed by atoms with Crippen molar-refractivity contribution in [1.29, 1.82) is 0 Å². The highest BCUT2D eigenvalue weighted by atomic mass is 35.5. The van der Waals surface area contributed by atoms with E-state index >= 15 is 0 Å². The van der Waals surface area contributed by atoms with Crippen LogP contribution in [0, 0.1) is 0 Å². The zero-order chi connectivity index (χ0) is 12.3. The van der Waals surface area contributed by atoms with Gasteiger partial charge in [-0.3, -0.25) is 4.79 Å². The molecule has 6 heteroatoms. The minimum Gasteiger partial charge on any atom is -0.399 e. The molecule has 2 aromatic rings. The van der Waals surface area contributed by atoms with Crippen LogP contribution in [0.4, 0.5) is 5.69 Å². The molecule has 0 spiro atoms. The maximum absolute atomic E-state index is 11.8. The Kier molecular flexibility index (Phi) is 3.30. The van der Waals surface area contributed by atoms with Gasteiger partial charge in [0.15, 0.2) is 0 Å². The lowest BCUT2D eigenvalue weighted by molar-refractivity contribution is 0.0950. The lowest BCUT2D eigenvalue weighted by Crippen LogP contribution is -2.23. The monoisotopic (exact) mass is 251 g/mol. The number of rotatable bonds is 3. The van der Waals surface area contributed by atoms with Crippen molar-refractivity contribution in [3.05, 3.63) is 46.8 Å². The normalized spacial score (nSPS) is 10.2. The van der Waals surface area contributed by atoms with E-state index in [9.17, 15) is 4.79 Å². The van der Waals surface area contributed by atoms with Crippen molar-refractivity contribution >= 4 is 23.2 Å². The summed E-state index contributed by atoms with van der Waals surface area (Å²) in [5, 5.41) is 6.67. The molecule has 3 N–H and O–H groups in total. The summed E-state index contributed by atoms with van der Waals surface area (Å²) in [6, 6.07) is 6.41. The van der Waals surface area contributed by atoms with Gasteiger partial charge in [-0.1, -0.05) is 16.8 Å². The maximum atomic E-state index is 11.8. The number of hydrogen-bond acceptors (Lipinski definition) is 4. The molecular formula is C11H10ClN3O2. The molecule has 0 atom stereocenters. The molecule has 5 nitrogen and oxygen atoms in total. The Bertz CT molecular complexity index is 526. The van der Waals surface area contributed by atoms with Crippen molar-refractivity contribution in [1.82, 2.24) is 10.5 Å². The number of halogens is 1. The van der Waals surface area contributed by atoms with Crippen molar-refractivity contribution in [3.63, 3.8) is 0 Å². The van der Waals surface area contributed by atoms with E-state index in [1.165, 1.54) is 12.3 Å². The Hall–Kier alpha value is -2.01. The van der Waals surface area contributed by atoms with E-state index in [4.69, 9.17) is 17.3 Å². The van der Waals surface area contributed by atoms with E-state index in [-0.39, 0.29) is 12.5 Å². The topological polar surface area (TPSA) is 81.2 Å². The number of nitrogen functional groups attached to an aromatic ring is 1. The van der Waals surface area contributed by atoms with Crippen LogP contribution in [0.1, 0.15) is 16.1 Å². The molecule has 1 heterocycles. The fourth-order valence-electron chi connectivity index (χ4n) is 1.31. The molecule has 1 amide bonds. The SMILES string of the molecule is Nc1ccc(C(=O)NCc2ccon2)c(Cl)c1. The molecule has 2 rings (SSSR count). The number of carbonyl (C=O) groups excluding carboxylic acids is 1. The van der Waals surface area contributed by atoms with Gasteiger partial charge >= 0.3 is 0 Å². The zero-order valence-corrected chi connectivity index (χ0v) is 9.57. The van der Waals surface area contributed by atoms with Gasteiger partial charge in [0.25, 0.3) is 5.91 Å². The number of amides is 1. The van der Waals surface area contributed by atoms with Crippen LogP contribution in [0.15, 0.2) is 35.1 Å². The summed E-state index contributed by atoms with van der Waals surface area (Å²) in [5.74, 6) is -0.280. The van der Waals surface area contributed by atoms with Crippen LogP contribution in [0.25, 0.3) is 0 Å². The molecule has 0 aliphatic rings. The predicted molar refractivity (Wildman–Crippen MR) is 63.5 cm³/mol. The molecule has 0 aliphatic heterocycles. The maximum Gasteiger partial charge on any atom is 0.253 e. The van der Waals surface area contributed by atoms with Gasteiger partial charge in [0, 0.05) is 11.8 Å². The van der Waals surface area contributed by atoms with Crippen LogP contribution in [0.3, 0.4) is 0 Å². The van der Waals surface area contributed by atoms with Crippen molar-refractivity contribution in [3.8, 4) is 0 Å². The number of carbonyl (C=O) groups is 1. The van der Waals surface area contributed by atoms with Crippen molar-refractivity contribution in [2.45, 2.75) is 6.54 Å². The Morgan fingerprint density at radius 3 is 2.94 bits per heavy atom. The minimum atomic E-state index is -0.280. The van der Waals surface area contributed by atoms with E-state index in [0.29, 0.717) is 22.0 Å². The summed E-state index contributed by atoms with van der Waals surface area (Å²) in [5.41, 5.74) is 7.08. The first kappa shape index (κ1) is 11.5. The number of aromatic nitrogens is 1. The number of anilines is 1. The average Bonchev–Trinajstić information content (AvgIpc) is 2.78. The average molecular weight is 252 g/mol. The minimum absolute atomic E-state index is 0.280. The molecule has 0 unspecified atom stereocenters. The molecule has 0 bridgehead atoms. The molecule has 0 fully saturated rings. The van der Waals surface area contributed by atoms with Crippen LogP contribution in [0.2, 0.25) is 5.02 Å². The summed E-state index contributed by atoms with van der Waals surface area (Å²) in [7, 11) is 0. The first-order valence-electron chi connectivity index (χ1n) is 4.89. The Morgan fingerprint density at radius 1 is 1.47 bits per heavy atom. The van der Waals surface area contributed by atoms with E-state index in [2.05, 4.69) is 15.0 Å². The summed E-state index contributed by atoms with van der Waals surface area (Å²) in [4.78, 5) is 11.8. The highest BCUT2D eigenvalue weighted by Crippen LogP contribution is 2.18. The van der Waals surface area contributed by atoms with E-state index in [1.54, 1.807) is 18.2 Å². The second-order valence-electron chi connectivity index (χ2n) is 3.41. The lowest BCUT2D eigenvalue weighted by Gasteiger charge is -2.05. The van der Waals surface area contributed by atoms with Gasteiger partial charge in [0.1, 0.15) is 12.0 Å². The van der Waals surface area contributed by atoms with Gasteiger partial charge in [-0.2, -0.15) is 0 Å². The highest BCUT2D eigenvalue weighted by Gasteiger charge is 2.10. The number of nitrogens with one attached hydrogen (secondary N) is 1. The van der Waals surface area contributed by atoms with Gasteiger partial charge < -0.3 is 15.6 Å². The summed E-state index contributed by atoms with van der Waals surface area (Å²) in [6.45, 7) is 0.288. The molecule has 0 saturated carbocycles. The zero-order valence-electron chi connectivity index (χ0n) is 8.81. The summed E-state index contributed by atoms with van der Waals surface area (Å²) >= 11 is 5.91. The Labute approximate surface area is 103 Å².